The first-order valence-corrected chi connectivity index (χ1v) is 11.5. The molecule has 0 unspecified atom stereocenters. The fraction of sp³-hybridized carbons (Fsp3) is 0.185. The second-order valence-corrected chi connectivity index (χ2v) is 8.24. The lowest BCUT2D eigenvalue weighted by Gasteiger charge is -2.10. The van der Waals surface area contributed by atoms with Crippen molar-refractivity contribution in [2.75, 3.05) is 0 Å². The second-order valence-electron chi connectivity index (χ2n) is 8.24. The number of benzene rings is 3. The van der Waals surface area contributed by atoms with Gasteiger partial charge in [-0.3, -0.25) is 9.13 Å². The molecule has 0 atom stereocenters. The SMILES string of the molecule is CCc1cn(CCc2ccccc2)c(=O)n1Cc1ccc(-c2ccccc2-n2cnnn2)cc1. The van der Waals surface area contributed by atoms with Crippen molar-refractivity contribution in [3.8, 4) is 16.8 Å². The summed E-state index contributed by atoms with van der Waals surface area (Å²) in [6.07, 6.45) is 5.24. The summed E-state index contributed by atoms with van der Waals surface area (Å²) in [7, 11) is 0. The summed E-state index contributed by atoms with van der Waals surface area (Å²) in [6.45, 7) is 3.32. The van der Waals surface area contributed by atoms with Gasteiger partial charge in [0.1, 0.15) is 6.33 Å². The van der Waals surface area contributed by atoms with Crippen LogP contribution in [0.4, 0.5) is 0 Å². The minimum atomic E-state index is 0.0425. The van der Waals surface area contributed by atoms with Crippen molar-refractivity contribution in [3.05, 3.63) is 119 Å². The fourth-order valence-corrected chi connectivity index (χ4v) is 4.25. The molecule has 0 radical (unpaired) electrons. The lowest BCUT2D eigenvalue weighted by molar-refractivity contribution is 0.630. The molecule has 5 rings (SSSR count). The van der Waals surface area contributed by atoms with Crippen LogP contribution in [0.1, 0.15) is 23.7 Å². The van der Waals surface area contributed by atoms with Crippen molar-refractivity contribution in [3.63, 3.8) is 0 Å². The Morgan fingerprint density at radius 1 is 0.853 bits per heavy atom. The minimum absolute atomic E-state index is 0.0425. The maximum atomic E-state index is 13.1. The van der Waals surface area contributed by atoms with Gasteiger partial charge in [-0.1, -0.05) is 79.7 Å². The summed E-state index contributed by atoms with van der Waals surface area (Å²) in [4.78, 5) is 13.1. The monoisotopic (exact) mass is 450 g/mol. The molecule has 2 heterocycles. The van der Waals surface area contributed by atoms with Crippen LogP contribution >= 0.6 is 0 Å². The van der Waals surface area contributed by atoms with Gasteiger partial charge in [0.2, 0.25) is 0 Å². The van der Waals surface area contributed by atoms with Crippen LogP contribution in [0, 0.1) is 0 Å². The van der Waals surface area contributed by atoms with Gasteiger partial charge >= 0.3 is 5.69 Å². The van der Waals surface area contributed by atoms with E-state index in [4.69, 9.17) is 0 Å². The molecule has 0 fully saturated rings. The van der Waals surface area contributed by atoms with Crippen molar-refractivity contribution in [1.29, 1.82) is 0 Å². The van der Waals surface area contributed by atoms with Crippen molar-refractivity contribution in [2.45, 2.75) is 32.9 Å². The highest BCUT2D eigenvalue weighted by molar-refractivity contribution is 5.72. The number of aryl methyl sites for hydroxylation is 3. The molecule has 0 N–H and O–H groups in total. The van der Waals surface area contributed by atoms with E-state index in [0.717, 1.165) is 40.9 Å². The van der Waals surface area contributed by atoms with Gasteiger partial charge in [0.05, 0.1) is 12.2 Å². The number of para-hydroxylation sites is 1. The van der Waals surface area contributed by atoms with Gasteiger partial charge in [-0.2, -0.15) is 4.68 Å². The Labute approximate surface area is 197 Å². The molecule has 34 heavy (non-hydrogen) atoms. The summed E-state index contributed by atoms with van der Waals surface area (Å²) in [6, 6.07) is 26.6. The topological polar surface area (TPSA) is 70.5 Å². The van der Waals surface area contributed by atoms with E-state index in [1.165, 1.54) is 5.56 Å². The first-order chi connectivity index (χ1) is 16.7. The van der Waals surface area contributed by atoms with Gasteiger partial charge in [0, 0.05) is 24.0 Å². The van der Waals surface area contributed by atoms with Gasteiger partial charge in [-0.15, -0.1) is 5.10 Å². The Morgan fingerprint density at radius 3 is 2.35 bits per heavy atom. The van der Waals surface area contributed by atoms with Crippen LogP contribution in [0.2, 0.25) is 0 Å². The molecule has 0 aliphatic carbocycles. The Kier molecular flexibility index (Phi) is 6.16. The third-order valence-corrected chi connectivity index (χ3v) is 6.08. The van der Waals surface area contributed by atoms with Gasteiger partial charge in [-0.05, 0) is 46.0 Å². The predicted molar refractivity (Wildman–Crippen MR) is 132 cm³/mol. The van der Waals surface area contributed by atoms with E-state index in [-0.39, 0.29) is 5.69 Å². The quantitative estimate of drug-likeness (QED) is 0.356. The molecule has 0 aliphatic rings. The average Bonchev–Trinajstić information content (AvgIpc) is 3.53. The molecular formula is C27H26N6O. The number of imidazole rings is 1. The lowest BCUT2D eigenvalue weighted by Crippen LogP contribution is -2.26. The van der Waals surface area contributed by atoms with Gasteiger partial charge in [0.25, 0.3) is 0 Å². The zero-order valence-corrected chi connectivity index (χ0v) is 19.1. The number of nitrogens with zero attached hydrogens (tertiary/aromatic N) is 6. The maximum absolute atomic E-state index is 13.1. The van der Waals surface area contributed by atoms with Crippen LogP contribution < -0.4 is 5.69 Å². The molecule has 0 amide bonds. The molecule has 0 bridgehead atoms. The standard InChI is InChI=1S/C27H26N6O/c1-2-24-19-31(17-16-21-8-4-3-5-9-21)27(34)32(24)18-22-12-14-23(15-13-22)25-10-6-7-11-26(25)33-20-28-29-30-33/h3-15,19-20H,2,16-18H2,1H3. The predicted octanol–water partition coefficient (Wildman–Crippen LogP) is 4.15. The van der Waals surface area contributed by atoms with Crippen molar-refractivity contribution in [2.24, 2.45) is 0 Å². The third-order valence-electron chi connectivity index (χ3n) is 6.08. The smallest absolute Gasteiger partial charge is 0.299 e. The number of tetrazole rings is 1. The highest BCUT2D eigenvalue weighted by Gasteiger charge is 2.12. The Bertz CT molecular complexity index is 1420. The van der Waals surface area contributed by atoms with E-state index < -0.39 is 0 Å². The minimum Gasteiger partial charge on any atom is -0.299 e. The maximum Gasteiger partial charge on any atom is 0.328 e. The number of aromatic nitrogens is 6. The first-order valence-electron chi connectivity index (χ1n) is 11.5. The first kappa shape index (κ1) is 21.6. The number of hydrogen-bond acceptors (Lipinski definition) is 4. The molecule has 2 aromatic heterocycles. The van der Waals surface area contributed by atoms with Gasteiger partial charge in [-0.25, -0.2) is 4.79 Å². The Morgan fingerprint density at radius 2 is 1.62 bits per heavy atom. The van der Waals surface area contributed by atoms with Crippen LogP contribution in [0.15, 0.2) is 96.2 Å². The molecular weight excluding hydrogens is 424 g/mol. The normalized spacial score (nSPS) is 11.1. The Hall–Kier alpha value is -4.26. The zero-order valence-electron chi connectivity index (χ0n) is 19.1. The van der Waals surface area contributed by atoms with Crippen LogP contribution in [-0.4, -0.2) is 29.3 Å². The highest BCUT2D eigenvalue weighted by atomic mass is 16.1. The number of rotatable bonds is 8. The molecule has 5 aromatic rings. The van der Waals surface area contributed by atoms with Crippen molar-refractivity contribution in [1.82, 2.24) is 29.3 Å². The summed E-state index contributed by atoms with van der Waals surface area (Å²) < 4.78 is 5.38. The molecule has 170 valence electrons. The molecule has 0 aliphatic heterocycles. The van der Waals surface area contributed by atoms with E-state index in [2.05, 4.69) is 64.9 Å². The van der Waals surface area contributed by atoms with E-state index in [1.54, 1.807) is 11.0 Å². The van der Waals surface area contributed by atoms with E-state index in [1.807, 2.05) is 51.7 Å². The van der Waals surface area contributed by atoms with Gasteiger partial charge in [0.15, 0.2) is 0 Å². The molecule has 7 nitrogen and oxygen atoms in total. The summed E-state index contributed by atoms with van der Waals surface area (Å²) in [5.41, 5.74) is 6.43. The highest BCUT2D eigenvalue weighted by Crippen LogP contribution is 2.26. The van der Waals surface area contributed by atoms with Crippen molar-refractivity contribution < 1.29 is 0 Å². The summed E-state index contributed by atoms with van der Waals surface area (Å²) in [5, 5.41) is 11.5. The summed E-state index contributed by atoms with van der Waals surface area (Å²) >= 11 is 0. The largest absolute Gasteiger partial charge is 0.328 e. The van der Waals surface area contributed by atoms with E-state index in [0.29, 0.717) is 13.1 Å². The fourth-order valence-electron chi connectivity index (χ4n) is 4.25. The van der Waals surface area contributed by atoms with E-state index in [9.17, 15) is 4.79 Å². The zero-order chi connectivity index (χ0) is 23.3. The molecule has 0 spiro atoms. The summed E-state index contributed by atoms with van der Waals surface area (Å²) in [5.74, 6) is 0. The van der Waals surface area contributed by atoms with Crippen LogP contribution in [0.5, 0.6) is 0 Å². The molecule has 0 saturated heterocycles. The van der Waals surface area contributed by atoms with Crippen LogP contribution in [-0.2, 0) is 25.9 Å². The van der Waals surface area contributed by atoms with E-state index >= 15 is 0 Å². The molecule has 3 aromatic carbocycles. The molecule has 7 heteroatoms. The van der Waals surface area contributed by atoms with Crippen LogP contribution in [0.3, 0.4) is 0 Å². The second kappa shape index (κ2) is 9.70. The average molecular weight is 451 g/mol. The Balaban J connectivity index is 1.37. The van der Waals surface area contributed by atoms with Gasteiger partial charge < -0.3 is 0 Å². The number of hydrogen-bond donors (Lipinski definition) is 0. The lowest BCUT2D eigenvalue weighted by atomic mass is 10.0. The van der Waals surface area contributed by atoms with Crippen molar-refractivity contribution >= 4 is 0 Å². The van der Waals surface area contributed by atoms with Crippen LogP contribution in [0.25, 0.3) is 16.8 Å². The third kappa shape index (κ3) is 4.45. The molecule has 0 saturated carbocycles.